The first-order valence-electron chi connectivity index (χ1n) is 2.75. The molecule has 0 radical (unpaired) electrons. The van der Waals surface area contributed by atoms with Gasteiger partial charge in [0.2, 0.25) is 0 Å². The lowest BCUT2D eigenvalue weighted by atomic mass is 10.2. The first-order valence-corrected chi connectivity index (χ1v) is 4.44. The molecule has 1 heterocycles. The maximum Gasteiger partial charge on any atom is 0.0407 e. The second-order valence-corrected chi connectivity index (χ2v) is 3.23. The topological polar surface area (TPSA) is 0 Å². The molecule has 0 atom stereocenters. The van der Waals surface area contributed by atoms with Crippen LogP contribution in [0.2, 0.25) is 0 Å². The Morgan fingerprint density at radius 2 is 2.62 bits per heavy atom. The molecule has 1 rings (SSSR count). The maximum absolute atomic E-state index is 5.50. The number of halogens is 1. The van der Waals surface area contributed by atoms with Gasteiger partial charge in [-0.15, -0.1) is 11.6 Å². The van der Waals surface area contributed by atoms with E-state index in [0.29, 0.717) is 5.88 Å². The quantitative estimate of drug-likeness (QED) is 0.406. The van der Waals surface area contributed by atoms with E-state index in [0.717, 1.165) is 0 Å². The Balaban J connectivity index is 2.33. The Morgan fingerprint density at radius 3 is 3.12 bits per heavy atom. The highest BCUT2D eigenvalue weighted by molar-refractivity contribution is 7.99. The van der Waals surface area contributed by atoms with Gasteiger partial charge in [-0.2, -0.15) is 11.8 Å². The third-order valence-electron chi connectivity index (χ3n) is 1.22. The van der Waals surface area contributed by atoms with Crippen LogP contribution in [0.1, 0.15) is 6.42 Å². The monoisotopic (exact) mass is 148 g/mol. The second kappa shape index (κ2) is 3.41. The van der Waals surface area contributed by atoms with E-state index in [2.05, 4.69) is 6.08 Å². The fourth-order valence-electron chi connectivity index (χ4n) is 0.749. The van der Waals surface area contributed by atoms with Gasteiger partial charge >= 0.3 is 0 Å². The first kappa shape index (κ1) is 6.50. The van der Waals surface area contributed by atoms with Crippen molar-refractivity contribution in [1.82, 2.24) is 0 Å². The lowest BCUT2D eigenvalue weighted by Crippen LogP contribution is -1.77. The summed E-state index contributed by atoms with van der Waals surface area (Å²) in [5.74, 6) is 3.20. The van der Waals surface area contributed by atoms with Crippen LogP contribution in [0.5, 0.6) is 0 Å². The summed E-state index contributed by atoms with van der Waals surface area (Å²) < 4.78 is 0. The van der Waals surface area contributed by atoms with Crippen LogP contribution in [0.3, 0.4) is 0 Å². The highest BCUT2D eigenvalue weighted by atomic mass is 35.5. The van der Waals surface area contributed by atoms with Gasteiger partial charge in [0.25, 0.3) is 0 Å². The molecule has 0 bridgehead atoms. The molecule has 0 aromatic rings. The summed E-state index contributed by atoms with van der Waals surface area (Å²) in [4.78, 5) is 0. The minimum absolute atomic E-state index is 0.690. The maximum atomic E-state index is 5.50. The molecule has 0 saturated carbocycles. The van der Waals surface area contributed by atoms with E-state index >= 15 is 0 Å². The van der Waals surface area contributed by atoms with Gasteiger partial charge in [0.15, 0.2) is 0 Å². The van der Waals surface area contributed by atoms with Crippen molar-refractivity contribution in [2.24, 2.45) is 0 Å². The average molecular weight is 149 g/mol. The van der Waals surface area contributed by atoms with Crippen molar-refractivity contribution in [3.63, 3.8) is 0 Å². The Bertz CT molecular complexity index is 90.7. The van der Waals surface area contributed by atoms with Crippen molar-refractivity contribution in [2.75, 3.05) is 17.4 Å². The summed E-state index contributed by atoms with van der Waals surface area (Å²) in [6, 6.07) is 0. The van der Waals surface area contributed by atoms with E-state index in [4.69, 9.17) is 11.6 Å². The molecular formula is C6H9ClS. The van der Waals surface area contributed by atoms with E-state index in [-0.39, 0.29) is 0 Å². The fraction of sp³-hybridized carbons (Fsp3) is 0.667. The number of thioether (sulfide) groups is 1. The van der Waals surface area contributed by atoms with Gasteiger partial charge in [0, 0.05) is 11.6 Å². The lowest BCUT2D eigenvalue weighted by Gasteiger charge is -1.87. The van der Waals surface area contributed by atoms with Crippen LogP contribution < -0.4 is 0 Å². The predicted octanol–water partition coefficient (Wildman–Crippen LogP) is 2.29. The molecule has 1 fully saturated rings. The van der Waals surface area contributed by atoms with E-state index in [9.17, 15) is 0 Å². The highest BCUT2D eigenvalue weighted by Crippen LogP contribution is 2.21. The SMILES string of the molecule is ClC/C=C1/CCSC1. The predicted molar refractivity (Wildman–Crippen MR) is 40.7 cm³/mol. The zero-order valence-electron chi connectivity index (χ0n) is 4.69. The summed E-state index contributed by atoms with van der Waals surface area (Å²) >= 11 is 7.49. The molecule has 1 aliphatic rings. The molecule has 2 heteroatoms. The average Bonchev–Trinajstić information content (AvgIpc) is 2.19. The minimum Gasteiger partial charge on any atom is -0.157 e. The van der Waals surface area contributed by atoms with Gasteiger partial charge in [0.05, 0.1) is 0 Å². The van der Waals surface area contributed by atoms with Crippen LogP contribution in [0.25, 0.3) is 0 Å². The Labute approximate surface area is 59.3 Å². The van der Waals surface area contributed by atoms with E-state index < -0.39 is 0 Å². The largest absolute Gasteiger partial charge is 0.157 e. The van der Waals surface area contributed by atoms with Crippen molar-refractivity contribution >= 4 is 23.4 Å². The van der Waals surface area contributed by atoms with Gasteiger partial charge in [-0.1, -0.05) is 11.6 Å². The van der Waals surface area contributed by atoms with E-state index in [1.165, 1.54) is 23.5 Å². The van der Waals surface area contributed by atoms with Gasteiger partial charge in [0.1, 0.15) is 0 Å². The molecule has 0 nitrogen and oxygen atoms in total. The first-order chi connectivity index (χ1) is 3.93. The molecule has 0 aromatic heterocycles. The molecule has 0 N–H and O–H groups in total. The summed E-state index contributed by atoms with van der Waals surface area (Å²) in [5.41, 5.74) is 1.53. The van der Waals surface area contributed by atoms with Crippen LogP contribution in [-0.2, 0) is 0 Å². The zero-order valence-corrected chi connectivity index (χ0v) is 6.26. The van der Waals surface area contributed by atoms with Crippen LogP contribution >= 0.6 is 23.4 Å². The highest BCUT2D eigenvalue weighted by Gasteiger charge is 2.04. The third-order valence-corrected chi connectivity index (χ3v) is 2.44. The second-order valence-electron chi connectivity index (χ2n) is 1.82. The Kier molecular flexibility index (Phi) is 2.77. The van der Waals surface area contributed by atoms with Crippen molar-refractivity contribution in [2.45, 2.75) is 6.42 Å². The van der Waals surface area contributed by atoms with Crippen molar-refractivity contribution in [3.05, 3.63) is 11.6 Å². The third kappa shape index (κ3) is 1.71. The number of allylic oxidation sites excluding steroid dienone is 1. The number of hydrogen-bond acceptors (Lipinski definition) is 1. The lowest BCUT2D eigenvalue weighted by molar-refractivity contribution is 1.16. The number of rotatable bonds is 1. The summed E-state index contributed by atoms with van der Waals surface area (Å²) in [6.45, 7) is 0. The summed E-state index contributed by atoms with van der Waals surface area (Å²) in [7, 11) is 0. The van der Waals surface area contributed by atoms with Crippen molar-refractivity contribution < 1.29 is 0 Å². The summed E-state index contributed by atoms with van der Waals surface area (Å²) in [5, 5.41) is 0. The Hall–Kier alpha value is 0.380. The fourth-order valence-corrected chi connectivity index (χ4v) is 2.04. The van der Waals surface area contributed by atoms with Crippen LogP contribution in [-0.4, -0.2) is 17.4 Å². The molecule has 0 unspecified atom stereocenters. The van der Waals surface area contributed by atoms with Crippen molar-refractivity contribution in [3.8, 4) is 0 Å². The molecule has 8 heavy (non-hydrogen) atoms. The minimum atomic E-state index is 0.690. The van der Waals surface area contributed by atoms with Crippen molar-refractivity contribution in [1.29, 1.82) is 0 Å². The number of alkyl halides is 1. The van der Waals surface area contributed by atoms with Gasteiger partial charge < -0.3 is 0 Å². The van der Waals surface area contributed by atoms with Gasteiger partial charge in [-0.3, -0.25) is 0 Å². The molecule has 0 aromatic carbocycles. The molecule has 0 spiro atoms. The molecule has 0 aliphatic carbocycles. The summed E-state index contributed by atoms with van der Waals surface area (Å²) in [6.07, 6.45) is 3.39. The van der Waals surface area contributed by atoms with Gasteiger partial charge in [-0.25, -0.2) is 0 Å². The van der Waals surface area contributed by atoms with E-state index in [1.807, 2.05) is 11.8 Å². The molecule has 1 aliphatic heterocycles. The molecule has 0 amide bonds. The van der Waals surface area contributed by atoms with Gasteiger partial charge in [-0.05, 0) is 12.2 Å². The van der Waals surface area contributed by atoms with Crippen LogP contribution in [0.4, 0.5) is 0 Å². The smallest absolute Gasteiger partial charge is 0.0407 e. The standard InChI is InChI=1S/C6H9ClS/c7-3-1-6-2-4-8-5-6/h1H,2-5H2/b6-1-. The van der Waals surface area contributed by atoms with Crippen LogP contribution in [0.15, 0.2) is 11.6 Å². The Morgan fingerprint density at radius 1 is 1.75 bits per heavy atom. The normalized spacial score (nSPS) is 24.9. The molecular weight excluding hydrogens is 140 g/mol. The molecule has 46 valence electrons. The molecule has 1 saturated heterocycles. The number of hydrogen-bond donors (Lipinski definition) is 0. The zero-order chi connectivity index (χ0) is 5.82. The van der Waals surface area contributed by atoms with Crippen LogP contribution in [0, 0.1) is 0 Å². The van der Waals surface area contributed by atoms with E-state index in [1.54, 1.807) is 0 Å².